The maximum absolute atomic E-state index is 12.9. The SMILES string of the molecule is CC(CCC(=O)O)NC(=O)c1cnn(-c2ccc(F)cc2)n1. The molecule has 2 rings (SSSR count). The molecule has 22 heavy (non-hydrogen) atoms. The fourth-order valence-corrected chi connectivity index (χ4v) is 1.78. The number of carbonyl (C=O) groups is 2. The number of rotatable bonds is 6. The van der Waals surface area contributed by atoms with Crippen LogP contribution in [0.2, 0.25) is 0 Å². The number of hydrogen-bond donors (Lipinski definition) is 2. The number of carboxylic acid groups (broad SMARTS) is 1. The summed E-state index contributed by atoms with van der Waals surface area (Å²) in [5.41, 5.74) is 0.630. The molecule has 1 unspecified atom stereocenters. The van der Waals surface area contributed by atoms with E-state index in [1.54, 1.807) is 6.92 Å². The van der Waals surface area contributed by atoms with Crippen LogP contribution in [-0.4, -0.2) is 38.0 Å². The summed E-state index contributed by atoms with van der Waals surface area (Å²) in [5, 5.41) is 19.2. The minimum Gasteiger partial charge on any atom is -0.481 e. The molecule has 0 saturated carbocycles. The van der Waals surface area contributed by atoms with Crippen molar-refractivity contribution in [1.82, 2.24) is 20.3 Å². The van der Waals surface area contributed by atoms with Crippen molar-refractivity contribution in [2.45, 2.75) is 25.8 Å². The molecule has 1 atom stereocenters. The first-order valence-electron chi connectivity index (χ1n) is 6.66. The van der Waals surface area contributed by atoms with Crippen molar-refractivity contribution in [3.05, 3.63) is 42.0 Å². The van der Waals surface area contributed by atoms with E-state index in [1.165, 1.54) is 35.3 Å². The van der Waals surface area contributed by atoms with Gasteiger partial charge in [0, 0.05) is 12.5 Å². The van der Waals surface area contributed by atoms with Gasteiger partial charge in [0.15, 0.2) is 5.69 Å². The second-order valence-electron chi connectivity index (χ2n) is 4.80. The van der Waals surface area contributed by atoms with Crippen LogP contribution in [0.5, 0.6) is 0 Å². The van der Waals surface area contributed by atoms with Crippen LogP contribution in [0.1, 0.15) is 30.3 Å². The van der Waals surface area contributed by atoms with E-state index >= 15 is 0 Å². The van der Waals surface area contributed by atoms with E-state index in [-0.39, 0.29) is 24.0 Å². The van der Waals surface area contributed by atoms with Crippen LogP contribution < -0.4 is 5.32 Å². The molecule has 0 aliphatic carbocycles. The number of nitrogens with one attached hydrogen (secondary N) is 1. The second-order valence-corrected chi connectivity index (χ2v) is 4.80. The molecular weight excluding hydrogens is 291 g/mol. The number of amides is 1. The summed E-state index contributed by atoms with van der Waals surface area (Å²) in [4.78, 5) is 23.7. The lowest BCUT2D eigenvalue weighted by atomic mass is 10.2. The van der Waals surface area contributed by atoms with E-state index in [9.17, 15) is 14.0 Å². The van der Waals surface area contributed by atoms with Gasteiger partial charge in [-0.3, -0.25) is 9.59 Å². The largest absolute Gasteiger partial charge is 0.481 e. The number of carbonyl (C=O) groups excluding carboxylic acids is 1. The molecule has 1 amide bonds. The molecule has 0 radical (unpaired) electrons. The Kier molecular flexibility index (Phi) is 4.82. The quantitative estimate of drug-likeness (QED) is 0.840. The van der Waals surface area contributed by atoms with Gasteiger partial charge in [0.2, 0.25) is 0 Å². The molecule has 116 valence electrons. The Labute approximate surface area is 125 Å². The lowest BCUT2D eigenvalue weighted by Crippen LogP contribution is -2.33. The maximum atomic E-state index is 12.9. The average molecular weight is 306 g/mol. The molecule has 1 aromatic carbocycles. The minimum absolute atomic E-state index is 0.0241. The highest BCUT2D eigenvalue weighted by Gasteiger charge is 2.14. The Morgan fingerprint density at radius 2 is 2.05 bits per heavy atom. The van der Waals surface area contributed by atoms with E-state index < -0.39 is 11.9 Å². The summed E-state index contributed by atoms with van der Waals surface area (Å²) in [6.45, 7) is 1.71. The lowest BCUT2D eigenvalue weighted by molar-refractivity contribution is -0.137. The molecule has 0 fully saturated rings. The second kappa shape index (κ2) is 6.79. The molecule has 0 aliphatic rings. The Hall–Kier alpha value is -2.77. The Balaban J connectivity index is 2.00. The standard InChI is InChI=1S/C14H15FN4O3/c1-9(2-7-13(20)21)17-14(22)12-8-16-19(18-12)11-5-3-10(15)4-6-11/h3-6,8-9H,2,7H2,1H3,(H,17,22)(H,20,21). The zero-order valence-corrected chi connectivity index (χ0v) is 11.9. The van der Waals surface area contributed by atoms with Crippen molar-refractivity contribution >= 4 is 11.9 Å². The van der Waals surface area contributed by atoms with Gasteiger partial charge in [-0.1, -0.05) is 0 Å². The Morgan fingerprint density at radius 3 is 2.68 bits per heavy atom. The van der Waals surface area contributed by atoms with E-state index in [4.69, 9.17) is 5.11 Å². The summed E-state index contributed by atoms with van der Waals surface area (Å²) in [5.74, 6) is -1.73. The monoisotopic (exact) mass is 306 g/mol. The lowest BCUT2D eigenvalue weighted by Gasteiger charge is -2.10. The van der Waals surface area contributed by atoms with Gasteiger partial charge in [-0.15, -0.1) is 5.10 Å². The van der Waals surface area contributed by atoms with Gasteiger partial charge < -0.3 is 10.4 Å². The molecule has 8 heteroatoms. The zero-order valence-electron chi connectivity index (χ0n) is 11.9. The van der Waals surface area contributed by atoms with Crippen molar-refractivity contribution in [2.24, 2.45) is 0 Å². The normalized spacial score (nSPS) is 11.9. The molecule has 2 N–H and O–H groups in total. The molecule has 0 bridgehead atoms. The van der Waals surface area contributed by atoms with Crippen molar-refractivity contribution < 1.29 is 19.1 Å². The molecule has 2 aromatic rings. The molecule has 7 nitrogen and oxygen atoms in total. The van der Waals surface area contributed by atoms with Crippen LogP contribution in [0, 0.1) is 5.82 Å². The third-order valence-corrected chi connectivity index (χ3v) is 2.95. The fraction of sp³-hybridized carbons (Fsp3) is 0.286. The van der Waals surface area contributed by atoms with Crippen molar-refractivity contribution in [2.75, 3.05) is 0 Å². The summed E-state index contributed by atoms with van der Waals surface area (Å²) >= 11 is 0. The van der Waals surface area contributed by atoms with Gasteiger partial charge in [-0.05, 0) is 37.6 Å². The van der Waals surface area contributed by atoms with Crippen LogP contribution in [0.4, 0.5) is 4.39 Å². The third kappa shape index (κ3) is 4.11. The maximum Gasteiger partial charge on any atom is 0.303 e. The third-order valence-electron chi connectivity index (χ3n) is 2.95. The molecular formula is C14H15FN4O3. The first-order valence-corrected chi connectivity index (χ1v) is 6.66. The highest BCUT2D eigenvalue weighted by Crippen LogP contribution is 2.07. The van der Waals surface area contributed by atoms with Crippen LogP contribution in [-0.2, 0) is 4.79 Å². The number of benzene rings is 1. The van der Waals surface area contributed by atoms with Gasteiger partial charge in [0.1, 0.15) is 5.82 Å². The first kappa shape index (κ1) is 15.6. The predicted octanol–water partition coefficient (Wildman–Crippen LogP) is 1.39. The number of halogens is 1. The average Bonchev–Trinajstić information content (AvgIpc) is 2.96. The summed E-state index contributed by atoms with van der Waals surface area (Å²) in [6.07, 6.45) is 1.60. The number of carboxylic acids is 1. The van der Waals surface area contributed by atoms with E-state index in [0.717, 1.165) is 0 Å². The van der Waals surface area contributed by atoms with Crippen LogP contribution >= 0.6 is 0 Å². The summed E-state index contributed by atoms with van der Waals surface area (Å²) in [6, 6.07) is 5.23. The van der Waals surface area contributed by atoms with Gasteiger partial charge in [0.25, 0.3) is 5.91 Å². The van der Waals surface area contributed by atoms with E-state index in [1.807, 2.05) is 0 Å². The molecule has 0 saturated heterocycles. The van der Waals surface area contributed by atoms with Gasteiger partial charge in [0.05, 0.1) is 11.9 Å². The van der Waals surface area contributed by atoms with Crippen molar-refractivity contribution in [3.8, 4) is 5.69 Å². The molecule has 0 aliphatic heterocycles. The van der Waals surface area contributed by atoms with E-state index in [2.05, 4.69) is 15.5 Å². The summed E-state index contributed by atoms with van der Waals surface area (Å²) < 4.78 is 12.9. The van der Waals surface area contributed by atoms with E-state index in [0.29, 0.717) is 12.1 Å². The number of nitrogens with zero attached hydrogens (tertiary/aromatic N) is 3. The summed E-state index contributed by atoms with van der Waals surface area (Å²) in [7, 11) is 0. The molecule has 1 aromatic heterocycles. The topological polar surface area (TPSA) is 97.1 Å². The predicted molar refractivity (Wildman–Crippen MR) is 75.1 cm³/mol. The first-order chi connectivity index (χ1) is 10.5. The van der Waals surface area contributed by atoms with Gasteiger partial charge in [-0.2, -0.15) is 9.90 Å². The Bertz CT molecular complexity index is 669. The highest BCUT2D eigenvalue weighted by atomic mass is 19.1. The van der Waals surface area contributed by atoms with Crippen molar-refractivity contribution in [1.29, 1.82) is 0 Å². The number of aliphatic carboxylic acids is 1. The highest BCUT2D eigenvalue weighted by molar-refractivity contribution is 5.92. The number of hydrogen-bond acceptors (Lipinski definition) is 4. The fourth-order valence-electron chi connectivity index (χ4n) is 1.78. The van der Waals surface area contributed by atoms with Crippen molar-refractivity contribution in [3.63, 3.8) is 0 Å². The van der Waals surface area contributed by atoms with Crippen LogP contribution in [0.3, 0.4) is 0 Å². The Morgan fingerprint density at radius 1 is 1.36 bits per heavy atom. The zero-order chi connectivity index (χ0) is 16.1. The van der Waals surface area contributed by atoms with Crippen LogP contribution in [0.15, 0.2) is 30.5 Å². The minimum atomic E-state index is -0.914. The number of aromatic nitrogens is 3. The van der Waals surface area contributed by atoms with Gasteiger partial charge in [-0.25, -0.2) is 4.39 Å². The smallest absolute Gasteiger partial charge is 0.303 e. The molecule has 1 heterocycles. The molecule has 0 spiro atoms. The van der Waals surface area contributed by atoms with Gasteiger partial charge >= 0.3 is 5.97 Å². The van der Waals surface area contributed by atoms with Crippen LogP contribution in [0.25, 0.3) is 5.69 Å².